The summed E-state index contributed by atoms with van der Waals surface area (Å²) < 4.78 is 0. The third-order valence-electron chi connectivity index (χ3n) is 2.93. The Bertz CT molecular complexity index is 437. The molecule has 0 spiro atoms. The Balaban J connectivity index is 2.37. The number of carbonyl (C=O) groups is 1. The second-order valence-corrected chi connectivity index (χ2v) is 6.75. The number of rotatable bonds is 6. The molecule has 1 amide bonds. The lowest BCUT2D eigenvalue weighted by atomic mass is 10.2. The van der Waals surface area contributed by atoms with E-state index < -0.39 is 0 Å². The molecule has 106 valence electrons. The maximum atomic E-state index is 11.8. The molecule has 1 atom stereocenters. The number of benzene rings is 1. The topological polar surface area (TPSA) is 55.1 Å². The second-order valence-electron chi connectivity index (χ2n) is 4.85. The zero-order chi connectivity index (χ0) is 14.4. The van der Waals surface area contributed by atoms with Gasteiger partial charge in [-0.15, -0.1) is 0 Å². The van der Waals surface area contributed by atoms with Gasteiger partial charge in [-0.2, -0.15) is 11.8 Å². The van der Waals surface area contributed by atoms with Crippen molar-refractivity contribution in [2.45, 2.75) is 32.4 Å². The van der Waals surface area contributed by atoms with Crippen molar-refractivity contribution in [3.05, 3.63) is 23.2 Å². The monoisotopic (exact) mass is 300 g/mol. The molecule has 0 radical (unpaired) electrons. The van der Waals surface area contributed by atoms with Crippen LogP contribution in [0, 0.1) is 5.92 Å². The predicted molar refractivity (Wildman–Crippen MR) is 85.9 cm³/mol. The van der Waals surface area contributed by atoms with Crippen molar-refractivity contribution in [3.8, 4) is 0 Å². The van der Waals surface area contributed by atoms with Crippen LogP contribution in [0.4, 0.5) is 11.4 Å². The van der Waals surface area contributed by atoms with Gasteiger partial charge >= 0.3 is 0 Å². The van der Waals surface area contributed by atoms with Crippen LogP contribution in [0.2, 0.25) is 5.02 Å². The van der Waals surface area contributed by atoms with Crippen LogP contribution in [0.5, 0.6) is 0 Å². The van der Waals surface area contributed by atoms with Crippen molar-refractivity contribution in [3.63, 3.8) is 0 Å². The normalized spacial score (nSPS) is 12.5. The van der Waals surface area contributed by atoms with E-state index in [1.54, 1.807) is 18.2 Å². The van der Waals surface area contributed by atoms with Gasteiger partial charge in [-0.3, -0.25) is 4.79 Å². The summed E-state index contributed by atoms with van der Waals surface area (Å²) in [6, 6.07) is 5.10. The second kappa shape index (κ2) is 7.65. The van der Waals surface area contributed by atoms with Gasteiger partial charge in [0.25, 0.3) is 0 Å². The highest BCUT2D eigenvalue weighted by molar-refractivity contribution is 7.99. The molecular weight excluding hydrogens is 280 g/mol. The first-order chi connectivity index (χ1) is 8.90. The van der Waals surface area contributed by atoms with Crippen molar-refractivity contribution in [2.24, 2.45) is 5.92 Å². The van der Waals surface area contributed by atoms with Gasteiger partial charge in [0.2, 0.25) is 5.91 Å². The first-order valence-electron chi connectivity index (χ1n) is 6.36. The van der Waals surface area contributed by atoms with E-state index in [4.69, 9.17) is 17.3 Å². The van der Waals surface area contributed by atoms with Crippen molar-refractivity contribution in [1.29, 1.82) is 0 Å². The average molecular weight is 301 g/mol. The molecule has 3 N–H and O–H groups in total. The van der Waals surface area contributed by atoms with E-state index in [0.29, 0.717) is 34.0 Å². The molecule has 1 aromatic rings. The molecule has 0 saturated heterocycles. The SMILES string of the molecule is CC(C)C(C)SCCC(=O)Nc1ccc(Cl)c(N)c1. The lowest BCUT2D eigenvalue weighted by Crippen LogP contribution is -2.14. The maximum Gasteiger partial charge on any atom is 0.225 e. The van der Waals surface area contributed by atoms with Crippen molar-refractivity contribution in [2.75, 3.05) is 16.8 Å². The Hall–Kier alpha value is -0.870. The van der Waals surface area contributed by atoms with Crippen LogP contribution in [0.25, 0.3) is 0 Å². The molecule has 0 aliphatic heterocycles. The average Bonchev–Trinajstić information content (AvgIpc) is 2.33. The number of hydrogen-bond donors (Lipinski definition) is 2. The quantitative estimate of drug-likeness (QED) is 0.780. The summed E-state index contributed by atoms with van der Waals surface area (Å²) in [5.41, 5.74) is 6.85. The third kappa shape index (κ3) is 5.74. The number of amides is 1. The first-order valence-corrected chi connectivity index (χ1v) is 7.79. The zero-order valence-electron chi connectivity index (χ0n) is 11.6. The summed E-state index contributed by atoms with van der Waals surface area (Å²) in [7, 11) is 0. The Morgan fingerprint density at radius 1 is 1.42 bits per heavy atom. The van der Waals surface area contributed by atoms with Crippen molar-refractivity contribution in [1.82, 2.24) is 0 Å². The van der Waals surface area contributed by atoms with E-state index in [2.05, 4.69) is 26.1 Å². The minimum absolute atomic E-state index is 0.00479. The van der Waals surface area contributed by atoms with Gasteiger partial charge in [-0.05, 0) is 24.1 Å². The van der Waals surface area contributed by atoms with Gasteiger partial charge in [0.05, 0.1) is 10.7 Å². The fourth-order valence-corrected chi connectivity index (χ4v) is 2.55. The van der Waals surface area contributed by atoms with Crippen LogP contribution in [0.3, 0.4) is 0 Å². The third-order valence-corrected chi connectivity index (χ3v) is 4.78. The highest BCUT2D eigenvalue weighted by atomic mass is 35.5. The highest BCUT2D eigenvalue weighted by Crippen LogP contribution is 2.23. The zero-order valence-corrected chi connectivity index (χ0v) is 13.1. The van der Waals surface area contributed by atoms with Crippen LogP contribution in [-0.2, 0) is 4.79 Å². The Morgan fingerprint density at radius 2 is 2.11 bits per heavy atom. The van der Waals surface area contributed by atoms with Crippen LogP contribution in [0.1, 0.15) is 27.2 Å². The molecule has 0 aliphatic rings. The number of nitrogen functional groups attached to an aromatic ring is 1. The molecule has 3 nitrogen and oxygen atoms in total. The molecule has 0 heterocycles. The minimum atomic E-state index is 0.00479. The van der Waals surface area contributed by atoms with Crippen LogP contribution < -0.4 is 11.1 Å². The Morgan fingerprint density at radius 3 is 2.68 bits per heavy atom. The largest absolute Gasteiger partial charge is 0.397 e. The van der Waals surface area contributed by atoms with Gasteiger partial charge in [-0.1, -0.05) is 32.4 Å². The summed E-state index contributed by atoms with van der Waals surface area (Å²) in [4.78, 5) is 11.8. The van der Waals surface area contributed by atoms with E-state index >= 15 is 0 Å². The fraction of sp³-hybridized carbons (Fsp3) is 0.500. The van der Waals surface area contributed by atoms with Crippen molar-refractivity contribution >= 4 is 40.6 Å². The number of carbonyl (C=O) groups excluding carboxylic acids is 1. The number of hydrogen-bond acceptors (Lipinski definition) is 3. The highest BCUT2D eigenvalue weighted by Gasteiger charge is 2.09. The van der Waals surface area contributed by atoms with E-state index in [0.717, 1.165) is 5.75 Å². The molecule has 1 unspecified atom stereocenters. The molecule has 0 fully saturated rings. The molecule has 1 rings (SSSR count). The number of nitrogens with two attached hydrogens (primary N) is 1. The standard InChI is InChI=1S/C14H21ClN2OS/c1-9(2)10(3)19-7-6-14(18)17-11-4-5-12(15)13(16)8-11/h4-5,8-10H,6-7,16H2,1-3H3,(H,17,18). The van der Waals surface area contributed by atoms with Gasteiger partial charge in [-0.25, -0.2) is 0 Å². The number of halogens is 1. The molecule has 0 saturated carbocycles. The van der Waals surface area contributed by atoms with E-state index in [1.165, 1.54) is 0 Å². The first kappa shape index (κ1) is 16.2. The Labute approximate surface area is 124 Å². The number of nitrogens with one attached hydrogen (secondary N) is 1. The van der Waals surface area contributed by atoms with E-state index in [1.807, 2.05) is 11.8 Å². The summed E-state index contributed by atoms with van der Waals surface area (Å²) in [5.74, 6) is 1.46. The van der Waals surface area contributed by atoms with E-state index in [9.17, 15) is 4.79 Å². The maximum absolute atomic E-state index is 11.8. The van der Waals surface area contributed by atoms with Crippen LogP contribution in [0.15, 0.2) is 18.2 Å². The lowest BCUT2D eigenvalue weighted by molar-refractivity contribution is -0.115. The molecule has 0 aliphatic carbocycles. The Kier molecular flexibility index (Phi) is 6.52. The van der Waals surface area contributed by atoms with Gasteiger partial charge in [0.1, 0.15) is 0 Å². The van der Waals surface area contributed by atoms with Gasteiger partial charge in [0.15, 0.2) is 0 Å². The van der Waals surface area contributed by atoms with E-state index in [-0.39, 0.29) is 5.91 Å². The molecule has 5 heteroatoms. The van der Waals surface area contributed by atoms with Crippen molar-refractivity contribution < 1.29 is 4.79 Å². The minimum Gasteiger partial charge on any atom is -0.397 e. The van der Waals surface area contributed by atoms with Gasteiger partial charge in [0, 0.05) is 23.1 Å². The summed E-state index contributed by atoms with van der Waals surface area (Å²) in [5, 5.41) is 3.89. The summed E-state index contributed by atoms with van der Waals surface area (Å²) in [6.07, 6.45) is 0.504. The lowest BCUT2D eigenvalue weighted by Gasteiger charge is -2.14. The molecule has 0 aromatic heterocycles. The molecular formula is C14H21ClN2OS. The van der Waals surface area contributed by atoms with Crippen LogP contribution >= 0.6 is 23.4 Å². The number of thioether (sulfide) groups is 1. The summed E-state index contributed by atoms with van der Waals surface area (Å²) in [6.45, 7) is 6.57. The number of anilines is 2. The molecule has 19 heavy (non-hydrogen) atoms. The molecule has 1 aromatic carbocycles. The smallest absolute Gasteiger partial charge is 0.225 e. The summed E-state index contributed by atoms with van der Waals surface area (Å²) >= 11 is 7.65. The molecule has 0 bridgehead atoms. The van der Waals surface area contributed by atoms with Crippen LogP contribution in [-0.4, -0.2) is 16.9 Å². The predicted octanol–water partition coefficient (Wildman–Crippen LogP) is 4.03. The fourth-order valence-electron chi connectivity index (χ4n) is 1.37. The van der Waals surface area contributed by atoms with Gasteiger partial charge < -0.3 is 11.1 Å².